The Hall–Kier alpha value is -1.09. The molecule has 20 heavy (non-hydrogen) atoms. The second-order valence-electron chi connectivity index (χ2n) is 6.31. The van der Waals surface area contributed by atoms with E-state index in [1.165, 1.54) is 50.3 Å². The third-order valence-electron chi connectivity index (χ3n) is 4.50. The third kappa shape index (κ3) is 4.20. The number of phenolic OH excluding ortho intramolecular Hbond substituents is 1. The van der Waals surface area contributed by atoms with Crippen LogP contribution in [0.4, 0.5) is 4.39 Å². The SMILES string of the molecule is CC1CCCC(CCNC(C)c2cc(F)ccc2O)C1. The molecule has 1 aromatic rings. The molecule has 0 heterocycles. The number of halogens is 1. The lowest BCUT2D eigenvalue weighted by molar-refractivity contribution is 0.265. The van der Waals surface area contributed by atoms with Crippen LogP contribution in [0.15, 0.2) is 18.2 Å². The summed E-state index contributed by atoms with van der Waals surface area (Å²) in [6, 6.07) is 4.10. The first-order valence-corrected chi connectivity index (χ1v) is 7.78. The van der Waals surface area contributed by atoms with Crippen molar-refractivity contribution in [2.45, 2.75) is 52.0 Å². The van der Waals surface area contributed by atoms with E-state index in [0.717, 1.165) is 18.4 Å². The van der Waals surface area contributed by atoms with Crippen LogP contribution in [0.25, 0.3) is 0 Å². The van der Waals surface area contributed by atoms with E-state index in [1.54, 1.807) is 0 Å². The van der Waals surface area contributed by atoms with E-state index in [4.69, 9.17) is 0 Å². The van der Waals surface area contributed by atoms with E-state index in [2.05, 4.69) is 12.2 Å². The Morgan fingerprint density at radius 3 is 2.95 bits per heavy atom. The molecule has 0 aromatic heterocycles. The fourth-order valence-corrected chi connectivity index (χ4v) is 3.31. The monoisotopic (exact) mass is 279 g/mol. The molecule has 1 aliphatic rings. The normalized spacial score (nSPS) is 24.6. The average Bonchev–Trinajstić information content (AvgIpc) is 2.41. The van der Waals surface area contributed by atoms with Crippen LogP contribution in [0.3, 0.4) is 0 Å². The average molecular weight is 279 g/mol. The molecule has 0 spiro atoms. The van der Waals surface area contributed by atoms with Crippen molar-refractivity contribution in [2.75, 3.05) is 6.54 Å². The Morgan fingerprint density at radius 2 is 2.20 bits per heavy atom. The van der Waals surface area contributed by atoms with Crippen LogP contribution < -0.4 is 5.32 Å². The molecule has 2 N–H and O–H groups in total. The molecule has 0 bridgehead atoms. The van der Waals surface area contributed by atoms with Crippen molar-refractivity contribution >= 4 is 0 Å². The highest BCUT2D eigenvalue weighted by Crippen LogP contribution is 2.31. The number of rotatable bonds is 5. The lowest BCUT2D eigenvalue weighted by Gasteiger charge is -2.27. The highest BCUT2D eigenvalue weighted by Gasteiger charge is 2.19. The summed E-state index contributed by atoms with van der Waals surface area (Å²) >= 11 is 0. The van der Waals surface area contributed by atoms with E-state index in [-0.39, 0.29) is 17.6 Å². The maximum atomic E-state index is 13.2. The van der Waals surface area contributed by atoms with Crippen LogP contribution in [0.2, 0.25) is 0 Å². The van der Waals surface area contributed by atoms with Crippen molar-refractivity contribution in [1.82, 2.24) is 5.32 Å². The zero-order valence-electron chi connectivity index (χ0n) is 12.5. The van der Waals surface area contributed by atoms with Crippen molar-refractivity contribution < 1.29 is 9.50 Å². The molecule has 112 valence electrons. The molecule has 1 aromatic carbocycles. The number of hydrogen-bond donors (Lipinski definition) is 2. The first-order valence-electron chi connectivity index (χ1n) is 7.78. The van der Waals surface area contributed by atoms with Gasteiger partial charge in [0, 0.05) is 11.6 Å². The van der Waals surface area contributed by atoms with Crippen LogP contribution in [-0.2, 0) is 0 Å². The molecule has 1 saturated carbocycles. The summed E-state index contributed by atoms with van der Waals surface area (Å²) in [5.41, 5.74) is 0.641. The molecule has 2 nitrogen and oxygen atoms in total. The second-order valence-corrected chi connectivity index (χ2v) is 6.31. The van der Waals surface area contributed by atoms with Gasteiger partial charge in [0.25, 0.3) is 0 Å². The van der Waals surface area contributed by atoms with Gasteiger partial charge in [0.2, 0.25) is 0 Å². The molecule has 0 radical (unpaired) electrons. The molecule has 2 rings (SSSR count). The summed E-state index contributed by atoms with van der Waals surface area (Å²) in [4.78, 5) is 0. The number of hydrogen-bond acceptors (Lipinski definition) is 2. The molecule has 1 aliphatic carbocycles. The van der Waals surface area contributed by atoms with E-state index in [1.807, 2.05) is 6.92 Å². The van der Waals surface area contributed by atoms with Gasteiger partial charge in [-0.1, -0.05) is 26.2 Å². The maximum Gasteiger partial charge on any atom is 0.123 e. The fourth-order valence-electron chi connectivity index (χ4n) is 3.31. The second kappa shape index (κ2) is 7.07. The Balaban J connectivity index is 1.80. The predicted molar refractivity (Wildman–Crippen MR) is 80.2 cm³/mol. The molecule has 1 fully saturated rings. The molecule has 0 aliphatic heterocycles. The largest absolute Gasteiger partial charge is 0.508 e. The van der Waals surface area contributed by atoms with Gasteiger partial charge in [-0.2, -0.15) is 0 Å². The molecular formula is C17H26FNO. The van der Waals surface area contributed by atoms with Crippen LogP contribution in [-0.4, -0.2) is 11.7 Å². The van der Waals surface area contributed by atoms with Gasteiger partial charge in [-0.3, -0.25) is 0 Å². The Kier molecular flexibility index (Phi) is 5.41. The molecule has 0 amide bonds. The van der Waals surface area contributed by atoms with Gasteiger partial charge >= 0.3 is 0 Å². The van der Waals surface area contributed by atoms with Gasteiger partial charge in [-0.05, 0) is 56.3 Å². The van der Waals surface area contributed by atoms with E-state index in [0.29, 0.717) is 5.56 Å². The van der Waals surface area contributed by atoms with Gasteiger partial charge in [-0.15, -0.1) is 0 Å². The van der Waals surface area contributed by atoms with Gasteiger partial charge in [0.1, 0.15) is 11.6 Å². The van der Waals surface area contributed by atoms with Crippen LogP contribution in [0.5, 0.6) is 5.75 Å². The summed E-state index contributed by atoms with van der Waals surface area (Å²) in [5, 5.41) is 13.2. The van der Waals surface area contributed by atoms with Gasteiger partial charge in [0.15, 0.2) is 0 Å². The molecular weight excluding hydrogens is 253 g/mol. The Morgan fingerprint density at radius 1 is 1.40 bits per heavy atom. The highest BCUT2D eigenvalue weighted by atomic mass is 19.1. The lowest BCUT2D eigenvalue weighted by Crippen LogP contribution is -2.24. The number of aromatic hydroxyl groups is 1. The quantitative estimate of drug-likeness (QED) is 0.837. The van der Waals surface area contributed by atoms with Gasteiger partial charge < -0.3 is 10.4 Å². The zero-order chi connectivity index (χ0) is 14.5. The zero-order valence-corrected chi connectivity index (χ0v) is 12.5. The minimum Gasteiger partial charge on any atom is -0.508 e. The first-order chi connectivity index (χ1) is 9.56. The van der Waals surface area contributed by atoms with Crippen molar-refractivity contribution in [3.05, 3.63) is 29.6 Å². The topological polar surface area (TPSA) is 32.3 Å². The Labute approximate surface area is 121 Å². The minimum absolute atomic E-state index is 0.0216. The van der Waals surface area contributed by atoms with Gasteiger partial charge in [0.05, 0.1) is 0 Å². The predicted octanol–water partition coefficient (Wildman–Crippen LogP) is 4.40. The first kappa shape index (κ1) is 15.3. The summed E-state index contributed by atoms with van der Waals surface area (Å²) in [5.74, 6) is 1.54. The van der Waals surface area contributed by atoms with Gasteiger partial charge in [-0.25, -0.2) is 4.39 Å². The molecule has 3 atom stereocenters. The van der Waals surface area contributed by atoms with E-state index in [9.17, 15) is 9.50 Å². The third-order valence-corrected chi connectivity index (χ3v) is 4.50. The fraction of sp³-hybridized carbons (Fsp3) is 0.647. The van der Waals surface area contributed by atoms with Crippen LogP contribution >= 0.6 is 0 Å². The lowest BCUT2D eigenvalue weighted by atomic mass is 9.81. The highest BCUT2D eigenvalue weighted by molar-refractivity contribution is 5.34. The van der Waals surface area contributed by atoms with E-state index >= 15 is 0 Å². The Bertz CT molecular complexity index is 435. The van der Waals surface area contributed by atoms with Crippen molar-refractivity contribution in [1.29, 1.82) is 0 Å². The standard InChI is InChI=1S/C17H26FNO/c1-12-4-3-5-14(10-12)8-9-19-13(2)16-11-15(18)6-7-17(16)20/h6-7,11-14,19-20H,3-5,8-10H2,1-2H3. The minimum atomic E-state index is -0.299. The summed E-state index contributed by atoms with van der Waals surface area (Å²) in [6.07, 6.45) is 6.57. The number of phenols is 1. The molecule has 0 saturated heterocycles. The molecule has 3 unspecified atom stereocenters. The van der Waals surface area contributed by atoms with Crippen molar-refractivity contribution in [3.8, 4) is 5.75 Å². The number of benzene rings is 1. The summed E-state index contributed by atoms with van der Waals surface area (Å²) in [7, 11) is 0. The smallest absolute Gasteiger partial charge is 0.123 e. The van der Waals surface area contributed by atoms with Crippen LogP contribution in [0, 0.1) is 17.7 Å². The number of nitrogens with one attached hydrogen (secondary N) is 1. The van der Waals surface area contributed by atoms with Crippen molar-refractivity contribution in [3.63, 3.8) is 0 Å². The van der Waals surface area contributed by atoms with Crippen LogP contribution in [0.1, 0.15) is 57.6 Å². The van der Waals surface area contributed by atoms with E-state index < -0.39 is 0 Å². The summed E-state index contributed by atoms with van der Waals surface area (Å²) < 4.78 is 13.2. The maximum absolute atomic E-state index is 13.2. The molecule has 3 heteroatoms. The summed E-state index contributed by atoms with van der Waals surface area (Å²) in [6.45, 7) is 5.24. The van der Waals surface area contributed by atoms with Crippen molar-refractivity contribution in [2.24, 2.45) is 11.8 Å².